The van der Waals surface area contributed by atoms with Gasteiger partial charge in [-0.05, 0) is 18.2 Å². The molecule has 0 radical (unpaired) electrons. The number of nitrogens with zero attached hydrogens (tertiary/aromatic N) is 1. The van der Waals surface area contributed by atoms with Crippen LogP contribution in [0.2, 0.25) is 0 Å². The Morgan fingerprint density at radius 3 is 2.16 bits per heavy atom. The maximum Gasteiger partial charge on any atom is 0.364 e. The number of aromatic amines is 1. The summed E-state index contributed by atoms with van der Waals surface area (Å²) in [5.41, 5.74) is 0.250. The van der Waals surface area contributed by atoms with E-state index in [0.717, 1.165) is 6.07 Å². The van der Waals surface area contributed by atoms with E-state index in [1.807, 2.05) is 0 Å². The molecule has 2 aromatic carbocycles. The van der Waals surface area contributed by atoms with E-state index >= 15 is 0 Å². The zero-order chi connectivity index (χ0) is 17.6. The van der Waals surface area contributed by atoms with Crippen molar-refractivity contribution in [2.75, 3.05) is 0 Å². The molecule has 0 bridgehead atoms. The van der Waals surface area contributed by atoms with Crippen molar-refractivity contribution in [3.05, 3.63) is 81.6 Å². The summed E-state index contributed by atoms with van der Waals surface area (Å²) in [5, 5.41) is 0.867. The van der Waals surface area contributed by atoms with E-state index in [2.05, 4.69) is 4.98 Å². The average molecular weight is 334 g/mol. The molecule has 3 aromatic rings. The number of benzene rings is 2. The highest BCUT2D eigenvalue weighted by Gasteiger charge is 2.39. The van der Waals surface area contributed by atoms with E-state index in [1.54, 1.807) is 36.4 Å². The number of nitrogens with one attached hydrogen (secondary N) is 1. The first-order valence-corrected chi connectivity index (χ1v) is 7.38. The van der Waals surface area contributed by atoms with Crippen molar-refractivity contribution >= 4 is 28.7 Å². The van der Waals surface area contributed by atoms with E-state index in [1.165, 1.54) is 12.1 Å². The number of imide groups is 1. The molecule has 7 nitrogen and oxygen atoms in total. The Labute approximate surface area is 140 Å². The topological polar surface area (TPSA) is 96.5 Å². The Hall–Kier alpha value is -3.74. The molecule has 25 heavy (non-hydrogen) atoms. The van der Waals surface area contributed by atoms with Crippen LogP contribution in [0, 0.1) is 0 Å². The van der Waals surface area contributed by atoms with Gasteiger partial charge in [-0.1, -0.05) is 35.4 Å². The monoisotopic (exact) mass is 334 g/mol. The molecule has 0 unspecified atom stereocenters. The van der Waals surface area contributed by atoms with E-state index in [-0.39, 0.29) is 16.7 Å². The van der Waals surface area contributed by atoms with Gasteiger partial charge in [-0.3, -0.25) is 14.4 Å². The molecule has 2 heterocycles. The molecule has 122 valence electrons. The smallest absolute Gasteiger partial charge is 0.324 e. The molecule has 1 N–H and O–H groups in total. The number of hydrogen-bond acceptors (Lipinski definition) is 5. The van der Waals surface area contributed by atoms with Crippen LogP contribution in [0.3, 0.4) is 0 Å². The minimum absolute atomic E-state index is 0.0316. The third-order valence-electron chi connectivity index (χ3n) is 3.90. The van der Waals surface area contributed by atoms with E-state index in [0.29, 0.717) is 16.0 Å². The standard InChI is InChI=1S/C18H10N2O5/c21-15-9-13(10-5-3-4-8-14(10)19-15)18(24)25-20-16(22)11-6-1-2-7-12(11)17(20)23/h1-9H,(H,19,21). The zero-order valence-corrected chi connectivity index (χ0v) is 12.7. The number of para-hydroxylation sites is 1. The molecule has 0 atom stereocenters. The fourth-order valence-electron chi connectivity index (χ4n) is 2.76. The van der Waals surface area contributed by atoms with Gasteiger partial charge in [-0.2, -0.15) is 0 Å². The van der Waals surface area contributed by atoms with Gasteiger partial charge in [-0.25, -0.2) is 4.79 Å². The Kier molecular flexibility index (Phi) is 3.21. The third-order valence-corrected chi connectivity index (χ3v) is 3.90. The fraction of sp³-hybridized carbons (Fsp3) is 0. The number of amides is 2. The predicted molar refractivity (Wildman–Crippen MR) is 86.9 cm³/mol. The van der Waals surface area contributed by atoms with E-state index in [4.69, 9.17) is 4.84 Å². The van der Waals surface area contributed by atoms with Crippen LogP contribution in [0.1, 0.15) is 31.1 Å². The van der Waals surface area contributed by atoms with Gasteiger partial charge in [0.25, 0.3) is 11.8 Å². The fourth-order valence-corrected chi connectivity index (χ4v) is 2.76. The van der Waals surface area contributed by atoms with Crippen LogP contribution in [0.4, 0.5) is 0 Å². The van der Waals surface area contributed by atoms with E-state index in [9.17, 15) is 19.2 Å². The molecule has 0 aliphatic carbocycles. The van der Waals surface area contributed by atoms with Crippen molar-refractivity contribution in [2.24, 2.45) is 0 Å². The quantitative estimate of drug-likeness (QED) is 0.722. The van der Waals surface area contributed by atoms with Gasteiger partial charge in [0, 0.05) is 17.0 Å². The molecule has 0 saturated carbocycles. The number of aromatic nitrogens is 1. The van der Waals surface area contributed by atoms with E-state index < -0.39 is 23.3 Å². The van der Waals surface area contributed by atoms with Gasteiger partial charge in [0.2, 0.25) is 5.56 Å². The number of pyridine rings is 1. The Morgan fingerprint density at radius 1 is 0.880 bits per heavy atom. The first kappa shape index (κ1) is 14.8. The summed E-state index contributed by atoms with van der Waals surface area (Å²) in [6.07, 6.45) is 0. The van der Waals surface area contributed by atoms with Crippen LogP contribution in [-0.4, -0.2) is 27.8 Å². The van der Waals surface area contributed by atoms with Gasteiger partial charge in [0.1, 0.15) is 0 Å². The lowest BCUT2D eigenvalue weighted by Crippen LogP contribution is -2.33. The van der Waals surface area contributed by atoms with Crippen molar-refractivity contribution in [1.29, 1.82) is 0 Å². The van der Waals surface area contributed by atoms with Crippen LogP contribution in [0.15, 0.2) is 59.4 Å². The van der Waals surface area contributed by atoms with Crippen LogP contribution in [0.5, 0.6) is 0 Å². The van der Waals surface area contributed by atoms with Crippen LogP contribution in [-0.2, 0) is 4.84 Å². The molecule has 2 amide bonds. The summed E-state index contributed by atoms with van der Waals surface area (Å²) in [5.74, 6) is -2.40. The number of H-pyrrole nitrogens is 1. The second-order valence-corrected chi connectivity index (χ2v) is 5.42. The summed E-state index contributed by atoms with van der Waals surface area (Å²) < 4.78 is 0. The number of carbonyl (C=O) groups excluding carboxylic acids is 3. The highest BCUT2D eigenvalue weighted by molar-refractivity contribution is 6.21. The molecule has 0 fully saturated rings. The SMILES string of the molecule is O=C(ON1C(=O)c2ccccc2C1=O)c1cc(=O)[nH]c2ccccc12. The third kappa shape index (κ3) is 2.29. The summed E-state index contributed by atoms with van der Waals surface area (Å²) in [4.78, 5) is 56.4. The highest BCUT2D eigenvalue weighted by Crippen LogP contribution is 2.24. The van der Waals surface area contributed by atoms with Crippen molar-refractivity contribution in [1.82, 2.24) is 10.0 Å². The number of rotatable bonds is 2. The first-order valence-electron chi connectivity index (χ1n) is 7.38. The number of hydrogen-bond donors (Lipinski definition) is 1. The van der Waals surface area contributed by atoms with Crippen LogP contribution < -0.4 is 5.56 Å². The maximum atomic E-state index is 12.5. The zero-order valence-electron chi connectivity index (χ0n) is 12.7. The second kappa shape index (κ2) is 5.41. The lowest BCUT2D eigenvalue weighted by Gasteiger charge is -2.13. The Bertz CT molecular complexity index is 1080. The Balaban J connectivity index is 1.72. The van der Waals surface area contributed by atoms with Crippen LogP contribution in [0.25, 0.3) is 10.9 Å². The summed E-state index contributed by atoms with van der Waals surface area (Å²) in [7, 11) is 0. The molecule has 4 rings (SSSR count). The summed E-state index contributed by atoms with van der Waals surface area (Å²) in [6, 6.07) is 13.9. The normalized spacial score (nSPS) is 13.2. The first-order chi connectivity index (χ1) is 12.1. The maximum absolute atomic E-state index is 12.5. The molecular formula is C18H10N2O5. The lowest BCUT2D eigenvalue weighted by molar-refractivity contribution is -0.0583. The molecule has 0 saturated heterocycles. The van der Waals surface area contributed by atoms with Crippen molar-refractivity contribution in [2.45, 2.75) is 0 Å². The Morgan fingerprint density at radius 2 is 1.48 bits per heavy atom. The highest BCUT2D eigenvalue weighted by atomic mass is 16.7. The average Bonchev–Trinajstić information content (AvgIpc) is 2.86. The largest absolute Gasteiger partial charge is 0.364 e. The molecule has 1 aromatic heterocycles. The predicted octanol–water partition coefficient (Wildman–Crippen LogP) is 1.90. The molecular weight excluding hydrogens is 324 g/mol. The molecule has 0 spiro atoms. The minimum atomic E-state index is -0.961. The van der Waals surface area contributed by atoms with Gasteiger partial charge >= 0.3 is 5.97 Å². The number of hydroxylamine groups is 2. The van der Waals surface area contributed by atoms with Gasteiger partial charge in [-0.15, -0.1) is 0 Å². The van der Waals surface area contributed by atoms with Crippen molar-refractivity contribution in [3.63, 3.8) is 0 Å². The van der Waals surface area contributed by atoms with Crippen LogP contribution >= 0.6 is 0 Å². The lowest BCUT2D eigenvalue weighted by atomic mass is 10.1. The number of fused-ring (bicyclic) bond motifs is 2. The molecule has 1 aliphatic heterocycles. The van der Waals surface area contributed by atoms with Crippen molar-refractivity contribution < 1.29 is 19.2 Å². The van der Waals surface area contributed by atoms with Gasteiger partial charge < -0.3 is 9.82 Å². The van der Waals surface area contributed by atoms with Gasteiger partial charge in [0.05, 0.1) is 16.7 Å². The molecule has 7 heteroatoms. The molecule has 1 aliphatic rings. The van der Waals surface area contributed by atoms with Crippen molar-refractivity contribution in [3.8, 4) is 0 Å². The van der Waals surface area contributed by atoms with Gasteiger partial charge in [0.15, 0.2) is 0 Å². The second-order valence-electron chi connectivity index (χ2n) is 5.42. The number of carbonyl (C=O) groups is 3. The summed E-state index contributed by atoms with van der Waals surface area (Å²) in [6.45, 7) is 0. The minimum Gasteiger partial charge on any atom is -0.324 e. The summed E-state index contributed by atoms with van der Waals surface area (Å²) >= 11 is 0.